The van der Waals surface area contributed by atoms with E-state index >= 15 is 0 Å². The minimum atomic E-state index is -0.869. The van der Waals surface area contributed by atoms with E-state index in [9.17, 15) is 19.1 Å². The van der Waals surface area contributed by atoms with Crippen molar-refractivity contribution in [3.8, 4) is 0 Å². The van der Waals surface area contributed by atoms with E-state index in [1.807, 2.05) is 6.07 Å². The van der Waals surface area contributed by atoms with E-state index in [4.69, 9.17) is 0 Å². The van der Waals surface area contributed by atoms with E-state index in [2.05, 4.69) is 5.32 Å². The van der Waals surface area contributed by atoms with Crippen molar-refractivity contribution >= 4 is 11.9 Å². The van der Waals surface area contributed by atoms with Crippen LogP contribution in [0.2, 0.25) is 0 Å². The minimum Gasteiger partial charge on any atom is -0.481 e. The van der Waals surface area contributed by atoms with Crippen molar-refractivity contribution in [1.29, 1.82) is 0 Å². The standard InChI is InChI=1S/C18H22FNO3/c19-14-5-1-4-13(10-14)11-18(8-3-9-18)20-15(21)12-17(16(22)23)6-2-7-17/h1,4-5,10H,2-3,6-9,11-12H2,(H,20,21)(H,22,23). The fourth-order valence-electron chi connectivity index (χ4n) is 3.70. The van der Waals surface area contributed by atoms with E-state index in [0.717, 1.165) is 31.2 Å². The second-order valence-electron chi connectivity index (χ2n) is 7.10. The number of carbonyl (C=O) groups excluding carboxylic acids is 1. The van der Waals surface area contributed by atoms with E-state index in [1.54, 1.807) is 6.07 Å². The molecule has 1 aromatic carbocycles. The molecule has 0 saturated heterocycles. The molecule has 2 aliphatic carbocycles. The Balaban J connectivity index is 1.64. The Morgan fingerprint density at radius 2 is 1.87 bits per heavy atom. The lowest BCUT2D eigenvalue weighted by molar-refractivity contribution is -0.158. The summed E-state index contributed by atoms with van der Waals surface area (Å²) in [4.78, 5) is 23.8. The third kappa shape index (κ3) is 3.23. The lowest BCUT2D eigenvalue weighted by atomic mass is 9.66. The Morgan fingerprint density at radius 1 is 1.17 bits per heavy atom. The van der Waals surface area contributed by atoms with Gasteiger partial charge in [-0.05, 0) is 56.2 Å². The highest BCUT2D eigenvalue weighted by Gasteiger charge is 2.47. The Hall–Kier alpha value is -1.91. The zero-order valence-corrected chi connectivity index (χ0v) is 13.1. The number of halogens is 1. The molecular weight excluding hydrogens is 297 g/mol. The summed E-state index contributed by atoms with van der Waals surface area (Å²) in [6.07, 6.45) is 5.40. The molecule has 0 atom stereocenters. The van der Waals surface area contributed by atoms with Crippen LogP contribution in [0.25, 0.3) is 0 Å². The summed E-state index contributed by atoms with van der Waals surface area (Å²) in [5.41, 5.74) is -0.344. The van der Waals surface area contributed by atoms with Gasteiger partial charge in [-0.1, -0.05) is 18.6 Å². The summed E-state index contributed by atoms with van der Waals surface area (Å²) < 4.78 is 13.3. The maximum atomic E-state index is 13.3. The van der Waals surface area contributed by atoms with Crippen LogP contribution in [0.15, 0.2) is 24.3 Å². The van der Waals surface area contributed by atoms with E-state index < -0.39 is 11.4 Å². The molecule has 2 aliphatic rings. The van der Waals surface area contributed by atoms with Gasteiger partial charge >= 0.3 is 5.97 Å². The Bertz CT molecular complexity index is 620. The lowest BCUT2D eigenvalue weighted by Gasteiger charge is -2.44. The van der Waals surface area contributed by atoms with Crippen LogP contribution in [0, 0.1) is 11.2 Å². The largest absolute Gasteiger partial charge is 0.481 e. The predicted molar refractivity (Wildman–Crippen MR) is 83.4 cm³/mol. The first-order chi connectivity index (χ1) is 10.9. The number of carboxylic acids is 1. The van der Waals surface area contributed by atoms with Crippen molar-refractivity contribution in [3.63, 3.8) is 0 Å². The van der Waals surface area contributed by atoms with E-state index in [1.165, 1.54) is 12.1 Å². The summed E-state index contributed by atoms with van der Waals surface area (Å²) in [5, 5.41) is 12.4. The van der Waals surface area contributed by atoms with Crippen LogP contribution in [-0.4, -0.2) is 22.5 Å². The van der Waals surface area contributed by atoms with Gasteiger partial charge in [-0.2, -0.15) is 0 Å². The molecule has 4 nitrogen and oxygen atoms in total. The van der Waals surface area contributed by atoms with Gasteiger partial charge in [0, 0.05) is 12.0 Å². The molecule has 23 heavy (non-hydrogen) atoms. The van der Waals surface area contributed by atoms with Crippen LogP contribution in [-0.2, 0) is 16.0 Å². The highest BCUT2D eigenvalue weighted by Crippen LogP contribution is 2.44. The quantitative estimate of drug-likeness (QED) is 0.847. The van der Waals surface area contributed by atoms with Crippen molar-refractivity contribution < 1.29 is 19.1 Å². The van der Waals surface area contributed by atoms with Crippen LogP contribution >= 0.6 is 0 Å². The molecule has 2 N–H and O–H groups in total. The number of nitrogens with one attached hydrogen (secondary N) is 1. The van der Waals surface area contributed by atoms with Crippen molar-refractivity contribution in [2.75, 3.05) is 0 Å². The summed E-state index contributed by atoms with van der Waals surface area (Å²) >= 11 is 0. The Labute approximate surface area is 135 Å². The van der Waals surface area contributed by atoms with Gasteiger partial charge in [0.25, 0.3) is 0 Å². The van der Waals surface area contributed by atoms with Gasteiger partial charge in [-0.25, -0.2) is 4.39 Å². The molecule has 0 unspecified atom stereocenters. The third-order valence-corrected chi connectivity index (χ3v) is 5.41. The molecule has 0 heterocycles. The van der Waals surface area contributed by atoms with Crippen molar-refractivity contribution in [2.24, 2.45) is 5.41 Å². The Kier molecular flexibility index (Phi) is 4.13. The van der Waals surface area contributed by atoms with Gasteiger partial charge in [0.05, 0.1) is 5.41 Å². The molecule has 2 fully saturated rings. The third-order valence-electron chi connectivity index (χ3n) is 5.41. The van der Waals surface area contributed by atoms with Gasteiger partial charge in [-0.15, -0.1) is 0 Å². The van der Waals surface area contributed by atoms with Crippen LogP contribution in [0.1, 0.15) is 50.5 Å². The average Bonchev–Trinajstić information content (AvgIpc) is 2.40. The predicted octanol–water partition coefficient (Wildman–Crippen LogP) is 3.05. The van der Waals surface area contributed by atoms with Crippen molar-refractivity contribution in [3.05, 3.63) is 35.6 Å². The summed E-state index contributed by atoms with van der Waals surface area (Å²) in [6.45, 7) is 0. The summed E-state index contributed by atoms with van der Waals surface area (Å²) in [7, 11) is 0. The zero-order chi connectivity index (χ0) is 16.5. The summed E-state index contributed by atoms with van der Waals surface area (Å²) in [6, 6.07) is 6.44. The number of amides is 1. The number of hydrogen-bond donors (Lipinski definition) is 2. The summed E-state index contributed by atoms with van der Waals surface area (Å²) in [5.74, 6) is -1.34. The van der Waals surface area contributed by atoms with Crippen molar-refractivity contribution in [2.45, 2.75) is 56.9 Å². The molecule has 3 rings (SSSR count). The molecule has 0 bridgehead atoms. The number of carbonyl (C=O) groups is 2. The first kappa shape index (κ1) is 16.0. The fraction of sp³-hybridized carbons (Fsp3) is 0.556. The molecule has 5 heteroatoms. The van der Waals surface area contributed by atoms with Crippen LogP contribution < -0.4 is 5.32 Å². The number of aliphatic carboxylic acids is 1. The first-order valence-electron chi connectivity index (χ1n) is 8.22. The molecule has 2 saturated carbocycles. The number of rotatable bonds is 6. The number of carboxylic acid groups (broad SMARTS) is 1. The van der Waals surface area contributed by atoms with Crippen LogP contribution in [0.3, 0.4) is 0 Å². The SMILES string of the molecule is O=C(CC1(C(=O)O)CCC1)NC1(Cc2cccc(F)c2)CCC1. The highest BCUT2D eigenvalue weighted by atomic mass is 19.1. The molecule has 0 aromatic heterocycles. The monoisotopic (exact) mass is 319 g/mol. The normalized spacial score (nSPS) is 20.9. The zero-order valence-electron chi connectivity index (χ0n) is 13.1. The van der Waals surface area contributed by atoms with Gasteiger partial charge in [0.1, 0.15) is 5.82 Å². The van der Waals surface area contributed by atoms with Crippen LogP contribution in [0.5, 0.6) is 0 Å². The second kappa shape index (κ2) is 5.95. The van der Waals surface area contributed by atoms with Crippen molar-refractivity contribution in [1.82, 2.24) is 5.32 Å². The highest BCUT2D eigenvalue weighted by molar-refractivity contribution is 5.86. The first-order valence-corrected chi connectivity index (χ1v) is 8.22. The van der Waals surface area contributed by atoms with Gasteiger partial charge in [0.2, 0.25) is 5.91 Å². The topological polar surface area (TPSA) is 66.4 Å². The van der Waals surface area contributed by atoms with Gasteiger partial charge in [0.15, 0.2) is 0 Å². The number of hydrogen-bond acceptors (Lipinski definition) is 2. The Morgan fingerprint density at radius 3 is 2.35 bits per heavy atom. The molecule has 1 amide bonds. The fourth-order valence-corrected chi connectivity index (χ4v) is 3.70. The molecule has 0 radical (unpaired) electrons. The lowest BCUT2D eigenvalue weighted by Crippen LogP contribution is -2.56. The maximum absolute atomic E-state index is 13.3. The van der Waals surface area contributed by atoms with Gasteiger partial charge in [-0.3, -0.25) is 9.59 Å². The molecule has 1 aromatic rings. The molecule has 0 aliphatic heterocycles. The van der Waals surface area contributed by atoms with Crippen LogP contribution in [0.4, 0.5) is 4.39 Å². The molecule has 124 valence electrons. The second-order valence-corrected chi connectivity index (χ2v) is 7.10. The van der Waals surface area contributed by atoms with E-state index in [0.29, 0.717) is 19.3 Å². The average molecular weight is 319 g/mol. The molecule has 0 spiro atoms. The minimum absolute atomic E-state index is 0.0488. The number of benzene rings is 1. The maximum Gasteiger partial charge on any atom is 0.310 e. The van der Waals surface area contributed by atoms with Gasteiger partial charge < -0.3 is 10.4 Å². The molecular formula is C18H22FNO3. The van der Waals surface area contributed by atoms with E-state index in [-0.39, 0.29) is 23.7 Å². The smallest absolute Gasteiger partial charge is 0.310 e.